The fourth-order valence-corrected chi connectivity index (χ4v) is 3.52. The van der Waals surface area contributed by atoms with Gasteiger partial charge in [-0.3, -0.25) is 0 Å². The third-order valence-electron chi connectivity index (χ3n) is 3.97. The molecule has 2 aromatic carbocycles. The molecule has 29 heavy (non-hydrogen) atoms. The largest absolute Gasteiger partial charge is 0.488 e. The number of alkyl halides is 6. The van der Waals surface area contributed by atoms with Crippen molar-refractivity contribution in [2.24, 2.45) is 0 Å². The molecular weight excluding hydrogens is 423 g/mol. The van der Waals surface area contributed by atoms with Gasteiger partial charge in [-0.2, -0.15) is 26.3 Å². The van der Waals surface area contributed by atoms with E-state index in [1.807, 2.05) is 19.1 Å². The summed E-state index contributed by atoms with van der Waals surface area (Å²) in [6.45, 7) is 4.26. The van der Waals surface area contributed by atoms with Crippen molar-refractivity contribution < 1.29 is 35.5 Å². The van der Waals surface area contributed by atoms with E-state index in [4.69, 9.17) is 4.74 Å². The average Bonchev–Trinajstić information content (AvgIpc) is 2.55. The molecule has 0 aliphatic rings. The molecule has 10 heteroatoms. The van der Waals surface area contributed by atoms with Crippen LogP contribution in [0.25, 0.3) is 0 Å². The Kier molecular flexibility index (Phi) is 7.10. The monoisotopic (exact) mass is 441 g/mol. The predicted molar refractivity (Wildman–Crippen MR) is 96.4 cm³/mol. The maximum atomic E-state index is 13.7. The predicted octanol–water partition coefficient (Wildman–Crippen LogP) is 6.38. The number of aryl methyl sites for hydroxylation is 3. The zero-order valence-corrected chi connectivity index (χ0v) is 16.4. The summed E-state index contributed by atoms with van der Waals surface area (Å²) >= 11 is 0.740. The first-order chi connectivity index (χ1) is 13.3. The van der Waals surface area contributed by atoms with Crippen LogP contribution in [0.3, 0.4) is 0 Å². The summed E-state index contributed by atoms with van der Waals surface area (Å²) in [4.78, 5) is 0.593. The number of nitrogens with one attached hydrogen (secondary N) is 1. The molecule has 0 spiro atoms. The lowest BCUT2D eigenvalue weighted by Crippen LogP contribution is -2.43. The van der Waals surface area contributed by atoms with Crippen LogP contribution in [0.15, 0.2) is 35.2 Å². The molecule has 0 saturated carbocycles. The van der Waals surface area contributed by atoms with Gasteiger partial charge in [-0.15, -0.1) is 0 Å². The third-order valence-corrected chi connectivity index (χ3v) is 5.22. The van der Waals surface area contributed by atoms with Crippen molar-refractivity contribution in [1.82, 2.24) is 4.72 Å². The van der Waals surface area contributed by atoms with Crippen molar-refractivity contribution in [2.45, 2.75) is 44.1 Å². The number of benzene rings is 2. The molecule has 0 aliphatic carbocycles. The molecule has 0 aromatic heterocycles. The van der Waals surface area contributed by atoms with E-state index in [0.29, 0.717) is 23.1 Å². The van der Waals surface area contributed by atoms with E-state index in [9.17, 15) is 30.7 Å². The number of hydrogen-bond acceptors (Lipinski definition) is 3. The van der Waals surface area contributed by atoms with E-state index in [0.717, 1.165) is 28.6 Å². The molecular formula is C19H18F7NOS. The Morgan fingerprint density at radius 2 is 1.55 bits per heavy atom. The Balaban J connectivity index is 2.15. The molecule has 0 aliphatic heterocycles. The zero-order chi connectivity index (χ0) is 22.0. The Labute approximate surface area is 167 Å². The SMILES string of the molecule is Cc1cc(C)c(SNC(COc2cc(C(F)(F)F)ccc2F)C(F)(F)F)c(C)c1. The van der Waals surface area contributed by atoms with Gasteiger partial charge in [0, 0.05) is 4.90 Å². The van der Waals surface area contributed by atoms with E-state index < -0.39 is 42.1 Å². The fourth-order valence-electron chi connectivity index (χ4n) is 2.62. The molecule has 1 atom stereocenters. The Bertz CT molecular complexity index is 842. The Morgan fingerprint density at radius 3 is 2.07 bits per heavy atom. The number of hydrogen-bond donors (Lipinski definition) is 1. The number of rotatable bonds is 6. The van der Waals surface area contributed by atoms with E-state index in [1.54, 1.807) is 13.8 Å². The lowest BCUT2D eigenvalue weighted by Gasteiger charge is -2.23. The van der Waals surface area contributed by atoms with Gasteiger partial charge < -0.3 is 4.74 Å². The van der Waals surface area contributed by atoms with E-state index >= 15 is 0 Å². The van der Waals surface area contributed by atoms with Gasteiger partial charge >= 0.3 is 12.4 Å². The van der Waals surface area contributed by atoms with Gasteiger partial charge in [0.25, 0.3) is 0 Å². The van der Waals surface area contributed by atoms with Crippen molar-refractivity contribution in [3.63, 3.8) is 0 Å². The van der Waals surface area contributed by atoms with Gasteiger partial charge in [0.15, 0.2) is 11.6 Å². The number of ether oxygens (including phenoxy) is 1. The van der Waals surface area contributed by atoms with Crippen LogP contribution in [0.4, 0.5) is 30.7 Å². The molecule has 0 amide bonds. The normalized spacial score (nSPS) is 13.4. The molecule has 2 aromatic rings. The summed E-state index contributed by atoms with van der Waals surface area (Å²) in [5.74, 6) is -2.08. The summed E-state index contributed by atoms with van der Waals surface area (Å²) in [6.07, 6.45) is -9.54. The minimum atomic E-state index is -4.77. The second kappa shape index (κ2) is 8.83. The first-order valence-corrected chi connectivity index (χ1v) is 9.17. The van der Waals surface area contributed by atoms with Crippen molar-refractivity contribution in [2.75, 3.05) is 6.61 Å². The van der Waals surface area contributed by atoms with Crippen molar-refractivity contribution in [3.05, 3.63) is 58.4 Å². The average molecular weight is 441 g/mol. The first kappa shape index (κ1) is 23.3. The minimum Gasteiger partial charge on any atom is -0.488 e. The number of halogens is 7. The van der Waals surface area contributed by atoms with Crippen LogP contribution in [0.5, 0.6) is 5.75 Å². The van der Waals surface area contributed by atoms with Crippen LogP contribution in [-0.4, -0.2) is 18.8 Å². The summed E-state index contributed by atoms with van der Waals surface area (Å²) in [5.41, 5.74) is 1.28. The summed E-state index contributed by atoms with van der Waals surface area (Å²) in [7, 11) is 0. The molecule has 2 nitrogen and oxygen atoms in total. The molecule has 1 N–H and O–H groups in total. The summed E-state index contributed by atoms with van der Waals surface area (Å²) < 4.78 is 98.9. The Morgan fingerprint density at radius 1 is 0.966 bits per heavy atom. The molecule has 0 bridgehead atoms. The first-order valence-electron chi connectivity index (χ1n) is 8.35. The van der Waals surface area contributed by atoms with Gasteiger partial charge in [-0.25, -0.2) is 9.11 Å². The van der Waals surface area contributed by atoms with Crippen LogP contribution >= 0.6 is 11.9 Å². The maximum Gasteiger partial charge on any atom is 0.416 e. The van der Waals surface area contributed by atoms with E-state index in [-0.39, 0.29) is 0 Å². The van der Waals surface area contributed by atoms with Crippen LogP contribution < -0.4 is 9.46 Å². The molecule has 2 rings (SSSR count). The standard InChI is InChI=1S/C19H18F7NOS/c1-10-6-11(2)17(12(3)7-10)29-27-16(19(24,25)26)9-28-15-8-13(18(21,22)23)4-5-14(15)20/h4-8,16,27H,9H2,1-3H3. The van der Waals surface area contributed by atoms with Gasteiger partial charge in [0.2, 0.25) is 0 Å². The van der Waals surface area contributed by atoms with Gasteiger partial charge in [0.1, 0.15) is 12.6 Å². The van der Waals surface area contributed by atoms with Crippen molar-refractivity contribution in [3.8, 4) is 5.75 Å². The van der Waals surface area contributed by atoms with Gasteiger partial charge in [-0.1, -0.05) is 17.7 Å². The van der Waals surface area contributed by atoms with E-state index in [1.165, 1.54) is 0 Å². The lowest BCUT2D eigenvalue weighted by atomic mass is 10.1. The second-order valence-electron chi connectivity index (χ2n) is 6.50. The van der Waals surface area contributed by atoms with Gasteiger partial charge in [0.05, 0.1) is 5.56 Å². The van der Waals surface area contributed by atoms with Crippen molar-refractivity contribution >= 4 is 11.9 Å². The maximum absolute atomic E-state index is 13.7. The van der Waals surface area contributed by atoms with Crippen LogP contribution in [0, 0.1) is 26.6 Å². The zero-order valence-electron chi connectivity index (χ0n) is 15.6. The smallest absolute Gasteiger partial charge is 0.416 e. The lowest BCUT2D eigenvalue weighted by molar-refractivity contribution is -0.157. The van der Waals surface area contributed by atoms with Crippen molar-refractivity contribution in [1.29, 1.82) is 0 Å². The third kappa shape index (κ3) is 6.27. The highest BCUT2D eigenvalue weighted by Gasteiger charge is 2.41. The topological polar surface area (TPSA) is 21.3 Å². The second-order valence-corrected chi connectivity index (χ2v) is 7.34. The highest BCUT2D eigenvalue weighted by Crippen LogP contribution is 2.33. The van der Waals surface area contributed by atoms with Crippen LogP contribution in [0.1, 0.15) is 22.3 Å². The quantitative estimate of drug-likeness (QED) is 0.415. The minimum absolute atomic E-state index is 0.337. The summed E-state index contributed by atoms with van der Waals surface area (Å²) in [6, 6.07) is 2.72. The van der Waals surface area contributed by atoms with Gasteiger partial charge in [-0.05, 0) is 62.0 Å². The molecule has 0 heterocycles. The molecule has 0 saturated heterocycles. The molecule has 1 unspecified atom stereocenters. The van der Waals surface area contributed by atoms with E-state index in [2.05, 4.69) is 4.72 Å². The van der Waals surface area contributed by atoms with Crippen LogP contribution in [-0.2, 0) is 6.18 Å². The molecule has 0 radical (unpaired) electrons. The highest BCUT2D eigenvalue weighted by molar-refractivity contribution is 7.97. The summed E-state index contributed by atoms with van der Waals surface area (Å²) in [5, 5.41) is 0. The Hall–Kier alpha value is -1.94. The van der Waals surface area contributed by atoms with Crippen LogP contribution in [0.2, 0.25) is 0 Å². The molecule has 160 valence electrons. The highest BCUT2D eigenvalue weighted by atomic mass is 32.2. The fraction of sp³-hybridized carbons (Fsp3) is 0.368. The molecule has 0 fully saturated rings.